The van der Waals surface area contributed by atoms with Crippen LogP contribution in [0.15, 0.2) is 46.9 Å². The van der Waals surface area contributed by atoms with Gasteiger partial charge < -0.3 is 4.74 Å². The smallest absolute Gasteiger partial charge is 0.282 e. The van der Waals surface area contributed by atoms with Crippen LogP contribution in [0.3, 0.4) is 0 Å². The van der Waals surface area contributed by atoms with Gasteiger partial charge in [0.05, 0.1) is 4.92 Å². The van der Waals surface area contributed by atoms with Crippen molar-refractivity contribution in [3.05, 3.63) is 68.2 Å². The van der Waals surface area contributed by atoms with Gasteiger partial charge in [0.25, 0.3) is 17.5 Å². The lowest BCUT2D eigenvalue weighted by atomic mass is 10.1. The lowest BCUT2D eigenvalue weighted by molar-refractivity contribution is -0.385. The van der Waals surface area contributed by atoms with Gasteiger partial charge in [-0.05, 0) is 49.0 Å². The van der Waals surface area contributed by atoms with Crippen molar-refractivity contribution in [2.75, 3.05) is 6.61 Å². The monoisotopic (exact) mass is 466 g/mol. The molecule has 11 heteroatoms. The van der Waals surface area contributed by atoms with E-state index in [1.165, 1.54) is 24.3 Å². The van der Waals surface area contributed by atoms with Gasteiger partial charge in [0, 0.05) is 10.5 Å². The van der Waals surface area contributed by atoms with Crippen molar-refractivity contribution in [2.45, 2.75) is 6.92 Å². The molecule has 9 nitrogen and oxygen atoms in total. The summed E-state index contributed by atoms with van der Waals surface area (Å²) in [7, 11) is 0. The van der Waals surface area contributed by atoms with Crippen LogP contribution in [0.25, 0.3) is 0 Å². The van der Waals surface area contributed by atoms with Crippen LogP contribution in [0, 0.1) is 17.0 Å². The summed E-state index contributed by atoms with van der Waals surface area (Å²) in [6.45, 7) is 1.56. The Bertz CT molecular complexity index is 938. The molecule has 2 aromatic carbocycles. The van der Waals surface area contributed by atoms with E-state index in [4.69, 9.17) is 17.0 Å². The Balaban J connectivity index is 1.82. The number of nitro groups is 1. The molecule has 0 atom stereocenters. The molecule has 0 heterocycles. The zero-order chi connectivity index (χ0) is 20.7. The first-order chi connectivity index (χ1) is 13.3. The predicted octanol–water partition coefficient (Wildman–Crippen LogP) is 2.38. The number of aryl methyl sites for hydroxylation is 1. The molecule has 2 amide bonds. The highest BCUT2D eigenvalue weighted by Crippen LogP contribution is 2.22. The van der Waals surface area contributed by atoms with Crippen LogP contribution in [0.2, 0.25) is 0 Å². The number of nitro benzene ring substituents is 1. The van der Waals surface area contributed by atoms with Crippen LogP contribution >= 0.6 is 28.1 Å². The summed E-state index contributed by atoms with van der Waals surface area (Å²) in [5, 5.41) is 13.0. The van der Waals surface area contributed by atoms with E-state index in [2.05, 4.69) is 32.1 Å². The average Bonchev–Trinajstić information content (AvgIpc) is 2.65. The average molecular weight is 467 g/mol. The van der Waals surface area contributed by atoms with Gasteiger partial charge in [-0.2, -0.15) is 0 Å². The number of hydrogen-bond acceptors (Lipinski definition) is 6. The minimum absolute atomic E-state index is 0.156. The number of para-hydroxylation sites is 1. The Labute approximate surface area is 173 Å². The molecule has 146 valence electrons. The van der Waals surface area contributed by atoms with E-state index in [9.17, 15) is 19.7 Å². The topological polar surface area (TPSA) is 123 Å². The highest BCUT2D eigenvalue weighted by atomic mass is 79.9. The molecule has 28 heavy (non-hydrogen) atoms. The number of hydrazine groups is 1. The Morgan fingerprint density at radius 3 is 2.61 bits per heavy atom. The standard InChI is InChI=1S/C17H15BrN4O5S/c1-10-8-11(18)6-7-14(10)27-9-15(23)20-21-17(28)19-16(24)12-4-2-3-5-13(12)22(25)26/h2-8H,9H2,1H3,(H,20,23)(H2,19,21,24,28). The first-order valence-electron chi connectivity index (χ1n) is 7.80. The maximum absolute atomic E-state index is 12.1. The third kappa shape index (κ3) is 5.99. The normalized spacial score (nSPS) is 9.93. The second-order valence-corrected chi connectivity index (χ2v) is 6.75. The molecule has 0 spiro atoms. The largest absolute Gasteiger partial charge is 0.483 e. The van der Waals surface area contributed by atoms with E-state index >= 15 is 0 Å². The highest BCUT2D eigenvalue weighted by Gasteiger charge is 2.20. The molecule has 3 N–H and O–H groups in total. The van der Waals surface area contributed by atoms with E-state index < -0.39 is 16.7 Å². The van der Waals surface area contributed by atoms with Crippen molar-refractivity contribution < 1.29 is 19.2 Å². The summed E-state index contributed by atoms with van der Waals surface area (Å²) in [6.07, 6.45) is 0. The van der Waals surface area contributed by atoms with Gasteiger partial charge >= 0.3 is 0 Å². The van der Waals surface area contributed by atoms with Gasteiger partial charge in [0.1, 0.15) is 11.3 Å². The summed E-state index contributed by atoms with van der Waals surface area (Å²) in [5.74, 6) is -0.768. The van der Waals surface area contributed by atoms with E-state index in [0.717, 1.165) is 10.0 Å². The van der Waals surface area contributed by atoms with Crippen LogP contribution in [0.5, 0.6) is 5.75 Å². The predicted molar refractivity (Wildman–Crippen MR) is 109 cm³/mol. The van der Waals surface area contributed by atoms with Crippen molar-refractivity contribution in [1.29, 1.82) is 0 Å². The van der Waals surface area contributed by atoms with Crippen molar-refractivity contribution >= 4 is 50.8 Å². The maximum atomic E-state index is 12.1. The number of ether oxygens (including phenoxy) is 1. The fraction of sp³-hybridized carbons (Fsp3) is 0.118. The number of carbonyl (C=O) groups is 2. The zero-order valence-electron chi connectivity index (χ0n) is 14.5. The third-order valence-electron chi connectivity index (χ3n) is 3.38. The number of thiocarbonyl (C=S) groups is 1. The van der Waals surface area contributed by atoms with Crippen LogP contribution in [0.4, 0.5) is 5.69 Å². The van der Waals surface area contributed by atoms with Crippen molar-refractivity contribution in [3.8, 4) is 5.75 Å². The van der Waals surface area contributed by atoms with Crippen molar-refractivity contribution in [3.63, 3.8) is 0 Å². The molecule has 0 bridgehead atoms. The fourth-order valence-electron chi connectivity index (χ4n) is 2.11. The second-order valence-electron chi connectivity index (χ2n) is 5.43. The summed E-state index contributed by atoms with van der Waals surface area (Å²) in [5.41, 5.74) is 4.94. The van der Waals surface area contributed by atoms with Crippen molar-refractivity contribution in [2.24, 2.45) is 0 Å². The van der Waals surface area contributed by atoms with Crippen LogP contribution in [-0.2, 0) is 4.79 Å². The molecule has 0 aliphatic rings. The molecule has 0 aliphatic heterocycles. The van der Waals surface area contributed by atoms with Gasteiger partial charge in [-0.3, -0.25) is 35.9 Å². The lowest BCUT2D eigenvalue weighted by Gasteiger charge is -2.12. The van der Waals surface area contributed by atoms with Gasteiger partial charge in [0.2, 0.25) is 0 Å². The van der Waals surface area contributed by atoms with E-state index in [-0.39, 0.29) is 23.0 Å². The summed E-state index contributed by atoms with van der Waals surface area (Å²) < 4.78 is 6.29. The SMILES string of the molecule is Cc1cc(Br)ccc1OCC(=O)NNC(=S)NC(=O)c1ccccc1[N+](=O)[O-]. The van der Waals surface area contributed by atoms with Crippen LogP contribution in [0.1, 0.15) is 15.9 Å². The van der Waals surface area contributed by atoms with Crippen LogP contribution < -0.4 is 20.9 Å². The minimum Gasteiger partial charge on any atom is -0.483 e. The number of halogens is 1. The number of hydrogen-bond donors (Lipinski definition) is 3. The van der Waals surface area contributed by atoms with Gasteiger partial charge in [-0.25, -0.2) is 0 Å². The Kier molecular flexibility index (Phi) is 7.41. The quantitative estimate of drug-likeness (QED) is 0.351. The van der Waals surface area contributed by atoms with E-state index in [1.807, 2.05) is 13.0 Å². The van der Waals surface area contributed by atoms with Gasteiger partial charge in [-0.1, -0.05) is 28.1 Å². The number of rotatable bonds is 5. The van der Waals surface area contributed by atoms with Crippen molar-refractivity contribution in [1.82, 2.24) is 16.2 Å². The fourth-order valence-corrected chi connectivity index (χ4v) is 2.73. The first-order valence-corrected chi connectivity index (χ1v) is 9.00. The highest BCUT2D eigenvalue weighted by molar-refractivity contribution is 9.10. The number of carbonyl (C=O) groups excluding carboxylic acids is 2. The number of amides is 2. The Morgan fingerprint density at radius 1 is 1.21 bits per heavy atom. The second kappa shape index (κ2) is 9.76. The third-order valence-corrected chi connectivity index (χ3v) is 4.08. The molecule has 0 saturated heterocycles. The molecule has 2 rings (SSSR count). The molecule has 0 saturated carbocycles. The molecule has 0 unspecified atom stereocenters. The molecular formula is C17H15BrN4O5S. The lowest BCUT2D eigenvalue weighted by Crippen LogP contribution is -2.49. The summed E-state index contributed by atoms with van der Waals surface area (Å²) in [4.78, 5) is 34.2. The van der Waals surface area contributed by atoms with E-state index in [0.29, 0.717) is 5.75 Å². The summed E-state index contributed by atoms with van der Waals surface area (Å²) in [6, 6.07) is 10.8. The van der Waals surface area contributed by atoms with E-state index in [1.54, 1.807) is 12.1 Å². The van der Waals surface area contributed by atoms with Gasteiger partial charge in [0.15, 0.2) is 11.7 Å². The zero-order valence-corrected chi connectivity index (χ0v) is 16.9. The van der Waals surface area contributed by atoms with Gasteiger partial charge in [-0.15, -0.1) is 0 Å². The first kappa shape index (κ1) is 21.3. The number of nitrogens with one attached hydrogen (secondary N) is 3. The Morgan fingerprint density at radius 2 is 1.93 bits per heavy atom. The molecule has 2 aromatic rings. The molecule has 0 fully saturated rings. The number of nitrogens with zero attached hydrogens (tertiary/aromatic N) is 1. The molecular weight excluding hydrogens is 452 g/mol. The number of benzene rings is 2. The molecule has 0 radical (unpaired) electrons. The molecule has 0 aliphatic carbocycles. The molecule has 0 aromatic heterocycles. The minimum atomic E-state index is -0.777. The summed E-state index contributed by atoms with van der Waals surface area (Å²) >= 11 is 8.23. The Hall–Kier alpha value is -3.05. The maximum Gasteiger partial charge on any atom is 0.282 e. The van der Waals surface area contributed by atoms with Crippen LogP contribution in [-0.4, -0.2) is 28.5 Å².